The van der Waals surface area contributed by atoms with Crippen LogP contribution in [0.2, 0.25) is 0 Å². The van der Waals surface area contributed by atoms with Gasteiger partial charge in [0.25, 0.3) is 0 Å². The van der Waals surface area contributed by atoms with Crippen LogP contribution in [0, 0.1) is 0 Å². The number of carbonyl (C=O) groups is 2. The number of rotatable bonds is 4. The minimum absolute atomic E-state index is 0.262. The lowest BCUT2D eigenvalue weighted by molar-refractivity contribution is -0.131. The molecule has 2 heterocycles. The van der Waals surface area contributed by atoms with Crippen LogP contribution < -0.4 is 4.74 Å². The second kappa shape index (κ2) is 8.39. The first-order chi connectivity index (χ1) is 14.1. The summed E-state index contributed by atoms with van der Waals surface area (Å²) >= 11 is 0. The van der Waals surface area contributed by atoms with Crippen molar-refractivity contribution in [1.82, 2.24) is 9.47 Å². The molecule has 0 saturated carbocycles. The fraction of sp³-hybridized carbons (Fsp3) is 0.304. The molecule has 0 atom stereocenters. The van der Waals surface area contributed by atoms with Gasteiger partial charge in [0.2, 0.25) is 0 Å². The van der Waals surface area contributed by atoms with Crippen LogP contribution in [0.1, 0.15) is 31.4 Å². The van der Waals surface area contributed by atoms with Crippen LogP contribution in [0.15, 0.2) is 60.8 Å². The van der Waals surface area contributed by atoms with Crippen LogP contribution in [0.4, 0.5) is 4.79 Å². The van der Waals surface area contributed by atoms with Crippen LogP contribution in [0.3, 0.4) is 0 Å². The maximum absolute atomic E-state index is 12.4. The third-order valence-corrected chi connectivity index (χ3v) is 5.28. The molecule has 0 radical (unpaired) electrons. The highest BCUT2D eigenvalue weighted by Crippen LogP contribution is 2.30. The molecule has 1 saturated heterocycles. The Morgan fingerprint density at radius 2 is 1.79 bits per heavy atom. The van der Waals surface area contributed by atoms with E-state index in [9.17, 15) is 9.59 Å². The van der Waals surface area contributed by atoms with Gasteiger partial charge in [-0.15, -0.1) is 0 Å². The van der Waals surface area contributed by atoms with Gasteiger partial charge in [-0.2, -0.15) is 0 Å². The van der Waals surface area contributed by atoms with E-state index >= 15 is 0 Å². The van der Waals surface area contributed by atoms with Crippen LogP contribution in [-0.2, 0) is 16.1 Å². The van der Waals surface area contributed by atoms with Gasteiger partial charge in [-0.3, -0.25) is 4.79 Å². The summed E-state index contributed by atoms with van der Waals surface area (Å²) in [6, 6.07) is 17.7. The van der Waals surface area contributed by atoms with E-state index in [0.29, 0.717) is 31.5 Å². The van der Waals surface area contributed by atoms with E-state index in [0.717, 1.165) is 29.3 Å². The Hall–Kier alpha value is -3.28. The third-order valence-electron chi connectivity index (χ3n) is 5.28. The monoisotopic (exact) mass is 392 g/mol. The van der Waals surface area contributed by atoms with Crippen molar-refractivity contribution in [2.45, 2.75) is 32.4 Å². The predicted molar refractivity (Wildman–Crippen MR) is 110 cm³/mol. The molecule has 0 spiro atoms. The third kappa shape index (κ3) is 4.42. The molecule has 6 heteroatoms. The van der Waals surface area contributed by atoms with Crippen molar-refractivity contribution < 1.29 is 19.1 Å². The van der Waals surface area contributed by atoms with E-state index in [1.54, 1.807) is 11.0 Å². The first kappa shape index (κ1) is 19.1. The second-order valence-corrected chi connectivity index (χ2v) is 7.30. The molecule has 0 aliphatic carbocycles. The molecule has 4 rings (SSSR count). The van der Waals surface area contributed by atoms with E-state index in [1.807, 2.05) is 42.5 Å². The number of aromatic nitrogens is 1. The Morgan fingerprint density at radius 3 is 2.52 bits per heavy atom. The fourth-order valence-corrected chi connectivity index (χ4v) is 3.81. The number of benzene rings is 2. The van der Waals surface area contributed by atoms with Crippen molar-refractivity contribution in [1.29, 1.82) is 0 Å². The molecule has 1 aromatic heterocycles. The lowest BCUT2D eigenvalue weighted by Gasteiger charge is -2.32. The molecule has 1 fully saturated rings. The summed E-state index contributed by atoms with van der Waals surface area (Å²) in [4.78, 5) is 25.4. The van der Waals surface area contributed by atoms with Crippen molar-refractivity contribution in [2.75, 3.05) is 13.1 Å². The lowest BCUT2D eigenvalue weighted by Crippen LogP contribution is -2.39. The number of fused-ring (bicyclic) bond motifs is 1. The Labute approximate surface area is 169 Å². The molecule has 3 aromatic rings. The van der Waals surface area contributed by atoms with E-state index in [2.05, 4.69) is 16.8 Å². The number of ether oxygens (including phenoxy) is 2. The summed E-state index contributed by atoms with van der Waals surface area (Å²) in [6.07, 6.45) is 3.50. The number of hydrogen-bond acceptors (Lipinski definition) is 4. The minimum atomic E-state index is -0.329. The van der Waals surface area contributed by atoms with Gasteiger partial charge in [-0.1, -0.05) is 30.3 Å². The van der Waals surface area contributed by atoms with Crippen LogP contribution in [0.5, 0.6) is 5.75 Å². The molecule has 0 N–H and O–H groups in total. The normalized spacial score (nSPS) is 14.7. The quantitative estimate of drug-likeness (QED) is 0.483. The average molecular weight is 392 g/mol. The first-order valence-electron chi connectivity index (χ1n) is 9.85. The van der Waals surface area contributed by atoms with Crippen molar-refractivity contribution in [3.8, 4) is 5.75 Å². The van der Waals surface area contributed by atoms with Gasteiger partial charge in [0, 0.05) is 38.3 Å². The minimum Gasteiger partial charge on any atom is -0.445 e. The van der Waals surface area contributed by atoms with E-state index in [1.165, 1.54) is 6.92 Å². The number of piperidine rings is 1. The lowest BCUT2D eigenvalue weighted by atomic mass is 10.0. The standard InChI is InChI=1S/C23H24N2O4/c1-17(26)29-21-8-7-19-9-14-25(22(19)15-21)20-10-12-24(13-11-20)23(27)28-16-18-5-3-2-4-6-18/h2-9,14-15,20H,10-13,16H2,1H3. The van der Waals surface area contributed by atoms with Gasteiger partial charge in [-0.25, -0.2) is 4.79 Å². The zero-order valence-electron chi connectivity index (χ0n) is 16.4. The molecule has 1 amide bonds. The highest BCUT2D eigenvalue weighted by atomic mass is 16.6. The highest BCUT2D eigenvalue weighted by Gasteiger charge is 2.25. The predicted octanol–water partition coefficient (Wildman–Crippen LogP) is 4.54. The van der Waals surface area contributed by atoms with Gasteiger partial charge in [-0.05, 0) is 42.0 Å². The fourth-order valence-electron chi connectivity index (χ4n) is 3.81. The number of likely N-dealkylation sites (tertiary alicyclic amines) is 1. The van der Waals surface area contributed by atoms with Gasteiger partial charge in [0.15, 0.2) is 0 Å². The summed E-state index contributed by atoms with van der Waals surface area (Å²) < 4.78 is 12.9. The van der Waals surface area contributed by atoms with Crippen molar-refractivity contribution in [2.24, 2.45) is 0 Å². The molecule has 1 aliphatic heterocycles. The number of amides is 1. The summed E-state index contributed by atoms with van der Waals surface area (Å²) in [5, 5.41) is 1.10. The number of esters is 1. The molecular weight excluding hydrogens is 368 g/mol. The zero-order chi connectivity index (χ0) is 20.2. The largest absolute Gasteiger partial charge is 0.445 e. The Morgan fingerprint density at radius 1 is 1.03 bits per heavy atom. The molecule has 6 nitrogen and oxygen atoms in total. The van der Waals surface area contributed by atoms with Crippen LogP contribution in [-0.4, -0.2) is 34.6 Å². The second-order valence-electron chi connectivity index (χ2n) is 7.30. The molecule has 0 bridgehead atoms. The Kier molecular flexibility index (Phi) is 5.51. The van der Waals surface area contributed by atoms with Crippen LogP contribution in [0.25, 0.3) is 10.9 Å². The molecule has 2 aromatic carbocycles. The maximum Gasteiger partial charge on any atom is 0.410 e. The molecule has 1 aliphatic rings. The highest BCUT2D eigenvalue weighted by molar-refractivity contribution is 5.82. The number of nitrogens with zero attached hydrogens (tertiary/aromatic N) is 2. The first-order valence-corrected chi connectivity index (χ1v) is 9.85. The van der Waals surface area contributed by atoms with Gasteiger partial charge in [0.05, 0.1) is 5.52 Å². The van der Waals surface area contributed by atoms with E-state index in [-0.39, 0.29) is 12.1 Å². The van der Waals surface area contributed by atoms with E-state index in [4.69, 9.17) is 9.47 Å². The van der Waals surface area contributed by atoms with Gasteiger partial charge in [0.1, 0.15) is 12.4 Å². The number of hydrogen-bond donors (Lipinski definition) is 0. The Balaban J connectivity index is 1.38. The average Bonchev–Trinajstić information content (AvgIpc) is 3.16. The van der Waals surface area contributed by atoms with Crippen molar-refractivity contribution >= 4 is 23.0 Å². The smallest absolute Gasteiger partial charge is 0.410 e. The van der Waals surface area contributed by atoms with E-state index < -0.39 is 0 Å². The number of carbonyl (C=O) groups excluding carboxylic acids is 2. The summed E-state index contributed by atoms with van der Waals surface area (Å²) in [7, 11) is 0. The summed E-state index contributed by atoms with van der Waals surface area (Å²) in [6.45, 7) is 3.00. The molecular formula is C23H24N2O4. The Bertz CT molecular complexity index is 1000. The summed E-state index contributed by atoms with van der Waals surface area (Å²) in [5.74, 6) is 0.219. The van der Waals surface area contributed by atoms with Crippen molar-refractivity contribution in [3.05, 3.63) is 66.4 Å². The summed E-state index contributed by atoms with van der Waals surface area (Å²) in [5.41, 5.74) is 2.02. The van der Waals surface area contributed by atoms with Crippen LogP contribution >= 0.6 is 0 Å². The molecule has 29 heavy (non-hydrogen) atoms. The van der Waals surface area contributed by atoms with Gasteiger partial charge < -0.3 is 18.9 Å². The molecule has 150 valence electrons. The molecule has 0 unspecified atom stereocenters. The SMILES string of the molecule is CC(=O)Oc1ccc2ccn(C3CCN(C(=O)OCc4ccccc4)CC3)c2c1. The van der Waals surface area contributed by atoms with Gasteiger partial charge >= 0.3 is 12.1 Å². The topological polar surface area (TPSA) is 60.8 Å². The zero-order valence-corrected chi connectivity index (χ0v) is 16.4. The van der Waals surface area contributed by atoms with Crippen molar-refractivity contribution in [3.63, 3.8) is 0 Å². The maximum atomic E-state index is 12.4.